The molecule has 0 aliphatic rings. The third-order valence-electron chi connectivity index (χ3n) is 4.14. The SMILES string of the molecule is COc1cc(C=C(C#N)c2ccccc2Cl)cc(I)c1OCc1ccc(I)cc1. The Labute approximate surface area is 202 Å². The highest BCUT2D eigenvalue weighted by Gasteiger charge is 2.13. The van der Waals surface area contributed by atoms with Crippen LogP contribution in [0.15, 0.2) is 60.7 Å². The highest BCUT2D eigenvalue weighted by Crippen LogP contribution is 2.36. The summed E-state index contributed by atoms with van der Waals surface area (Å²) in [6, 6.07) is 21.5. The lowest BCUT2D eigenvalue weighted by Gasteiger charge is -2.14. The van der Waals surface area contributed by atoms with Gasteiger partial charge in [0.2, 0.25) is 0 Å². The molecular formula is C23H16ClI2NO2. The van der Waals surface area contributed by atoms with E-state index in [-0.39, 0.29) is 0 Å². The molecule has 3 rings (SSSR count). The summed E-state index contributed by atoms with van der Waals surface area (Å²) in [5.74, 6) is 1.30. The molecule has 6 heteroatoms. The van der Waals surface area contributed by atoms with E-state index < -0.39 is 0 Å². The molecule has 0 aliphatic carbocycles. The van der Waals surface area contributed by atoms with Crippen LogP contribution in [0.4, 0.5) is 0 Å². The van der Waals surface area contributed by atoms with Crippen molar-refractivity contribution in [3.8, 4) is 17.6 Å². The van der Waals surface area contributed by atoms with Crippen molar-refractivity contribution in [1.82, 2.24) is 0 Å². The highest BCUT2D eigenvalue weighted by molar-refractivity contribution is 14.1. The molecule has 0 saturated carbocycles. The Morgan fingerprint density at radius 1 is 1.10 bits per heavy atom. The molecule has 0 atom stereocenters. The van der Waals surface area contributed by atoms with Gasteiger partial charge in [-0.25, -0.2) is 0 Å². The number of hydrogen-bond acceptors (Lipinski definition) is 3. The van der Waals surface area contributed by atoms with Crippen molar-refractivity contribution >= 4 is 68.4 Å². The molecule has 0 N–H and O–H groups in total. The minimum Gasteiger partial charge on any atom is -0.493 e. The van der Waals surface area contributed by atoms with Crippen LogP contribution >= 0.6 is 56.8 Å². The third kappa shape index (κ3) is 5.65. The Morgan fingerprint density at radius 2 is 1.83 bits per heavy atom. The normalized spacial score (nSPS) is 11.1. The Bertz CT molecular complexity index is 1090. The second-order valence-corrected chi connectivity index (χ2v) is 8.91. The molecule has 0 aromatic heterocycles. The summed E-state index contributed by atoms with van der Waals surface area (Å²) >= 11 is 10.7. The van der Waals surface area contributed by atoms with Crippen molar-refractivity contribution in [3.05, 3.63) is 89.5 Å². The number of hydrogen-bond donors (Lipinski definition) is 0. The summed E-state index contributed by atoms with van der Waals surface area (Å²) in [7, 11) is 1.61. The highest BCUT2D eigenvalue weighted by atomic mass is 127. The quantitative estimate of drug-likeness (QED) is 0.165. The summed E-state index contributed by atoms with van der Waals surface area (Å²) in [5, 5.41) is 10.2. The molecule has 3 nitrogen and oxygen atoms in total. The van der Waals surface area contributed by atoms with E-state index in [1.807, 2.05) is 54.6 Å². The Morgan fingerprint density at radius 3 is 2.48 bits per heavy atom. The zero-order valence-electron chi connectivity index (χ0n) is 15.5. The fraction of sp³-hybridized carbons (Fsp3) is 0.0870. The predicted molar refractivity (Wildman–Crippen MR) is 134 cm³/mol. The standard InChI is InChI=1S/C23H16ClI2NO2/c1-28-22-12-16(10-17(13-27)19-4-2-3-5-20(19)24)11-21(26)23(22)29-14-15-6-8-18(25)9-7-15/h2-12H,14H2,1H3. The lowest BCUT2D eigenvalue weighted by atomic mass is 10.0. The van der Waals surface area contributed by atoms with E-state index in [2.05, 4.69) is 51.3 Å². The van der Waals surface area contributed by atoms with Gasteiger partial charge in [0.25, 0.3) is 0 Å². The molecule has 0 fully saturated rings. The number of halogens is 3. The number of rotatable bonds is 6. The second kappa shape index (κ2) is 10.3. The van der Waals surface area contributed by atoms with E-state index in [0.717, 1.165) is 14.7 Å². The van der Waals surface area contributed by atoms with Crippen molar-refractivity contribution in [2.75, 3.05) is 7.11 Å². The van der Waals surface area contributed by atoms with Gasteiger partial charge in [0.05, 0.1) is 22.3 Å². The van der Waals surface area contributed by atoms with Crippen molar-refractivity contribution in [2.45, 2.75) is 6.61 Å². The van der Waals surface area contributed by atoms with Crippen LogP contribution in [0.5, 0.6) is 11.5 Å². The number of nitriles is 1. The van der Waals surface area contributed by atoms with Crippen molar-refractivity contribution < 1.29 is 9.47 Å². The molecular weight excluding hydrogens is 612 g/mol. The minimum absolute atomic E-state index is 0.446. The van der Waals surface area contributed by atoms with Crippen molar-refractivity contribution in [1.29, 1.82) is 5.26 Å². The van der Waals surface area contributed by atoms with Crippen LogP contribution in [0.3, 0.4) is 0 Å². The van der Waals surface area contributed by atoms with Gasteiger partial charge >= 0.3 is 0 Å². The summed E-state index contributed by atoms with van der Waals surface area (Å²) < 4.78 is 13.7. The Hall–Kier alpha value is -1.76. The van der Waals surface area contributed by atoms with Crippen LogP contribution in [-0.2, 0) is 6.61 Å². The van der Waals surface area contributed by atoms with Gasteiger partial charge in [-0.2, -0.15) is 5.26 Å². The minimum atomic E-state index is 0.446. The first kappa shape index (κ1) is 21.9. The van der Waals surface area contributed by atoms with Crippen molar-refractivity contribution in [3.63, 3.8) is 0 Å². The smallest absolute Gasteiger partial charge is 0.174 e. The fourth-order valence-corrected chi connectivity index (χ4v) is 4.09. The topological polar surface area (TPSA) is 42.2 Å². The van der Waals surface area contributed by atoms with Gasteiger partial charge in [-0.3, -0.25) is 0 Å². The second-order valence-electron chi connectivity index (χ2n) is 6.10. The molecule has 0 saturated heterocycles. The van der Waals surface area contributed by atoms with Gasteiger partial charge in [0.15, 0.2) is 11.5 Å². The molecule has 3 aromatic rings. The molecule has 29 heavy (non-hydrogen) atoms. The molecule has 0 spiro atoms. The first-order chi connectivity index (χ1) is 14.0. The first-order valence-electron chi connectivity index (χ1n) is 8.63. The van der Waals surface area contributed by atoms with E-state index in [4.69, 9.17) is 21.1 Å². The van der Waals surface area contributed by atoms with Crippen LogP contribution < -0.4 is 9.47 Å². The lowest BCUT2D eigenvalue weighted by Crippen LogP contribution is -2.00. The number of methoxy groups -OCH3 is 1. The Kier molecular flexibility index (Phi) is 7.81. The summed E-state index contributed by atoms with van der Waals surface area (Å²) in [6.45, 7) is 0.446. The summed E-state index contributed by atoms with van der Waals surface area (Å²) in [6.07, 6.45) is 1.80. The summed E-state index contributed by atoms with van der Waals surface area (Å²) in [4.78, 5) is 0. The van der Waals surface area contributed by atoms with Gasteiger partial charge in [-0.05, 0) is 92.7 Å². The lowest BCUT2D eigenvalue weighted by molar-refractivity contribution is 0.282. The maximum absolute atomic E-state index is 9.61. The number of allylic oxidation sites excluding steroid dienone is 1. The molecule has 3 aromatic carbocycles. The largest absolute Gasteiger partial charge is 0.493 e. The maximum Gasteiger partial charge on any atom is 0.174 e. The van der Waals surface area contributed by atoms with E-state index in [0.29, 0.717) is 34.3 Å². The van der Waals surface area contributed by atoms with Crippen LogP contribution in [0, 0.1) is 18.5 Å². The van der Waals surface area contributed by atoms with E-state index in [1.165, 1.54) is 3.57 Å². The monoisotopic (exact) mass is 627 g/mol. The van der Waals surface area contributed by atoms with Gasteiger partial charge < -0.3 is 9.47 Å². The van der Waals surface area contributed by atoms with Crippen molar-refractivity contribution in [2.24, 2.45) is 0 Å². The Balaban J connectivity index is 1.90. The zero-order valence-corrected chi connectivity index (χ0v) is 20.5. The zero-order chi connectivity index (χ0) is 20.8. The van der Waals surface area contributed by atoms with Crippen LogP contribution in [0.2, 0.25) is 5.02 Å². The molecule has 0 heterocycles. The average Bonchev–Trinajstić information content (AvgIpc) is 2.72. The van der Waals surface area contributed by atoms with Crippen LogP contribution in [-0.4, -0.2) is 7.11 Å². The molecule has 0 bridgehead atoms. The van der Waals surface area contributed by atoms with Gasteiger partial charge in [-0.1, -0.05) is 41.9 Å². The fourth-order valence-electron chi connectivity index (χ4n) is 2.72. The van der Waals surface area contributed by atoms with Crippen LogP contribution in [0.1, 0.15) is 16.7 Å². The van der Waals surface area contributed by atoms with Gasteiger partial charge in [0, 0.05) is 14.2 Å². The van der Waals surface area contributed by atoms with Crippen LogP contribution in [0.25, 0.3) is 11.6 Å². The molecule has 0 unspecified atom stereocenters. The summed E-state index contributed by atoms with van der Waals surface area (Å²) in [5.41, 5.74) is 3.10. The molecule has 146 valence electrons. The van der Waals surface area contributed by atoms with E-state index >= 15 is 0 Å². The number of ether oxygens (including phenoxy) is 2. The van der Waals surface area contributed by atoms with Gasteiger partial charge in [-0.15, -0.1) is 0 Å². The van der Waals surface area contributed by atoms with E-state index in [1.54, 1.807) is 19.3 Å². The van der Waals surface area contributed by atoms with E-state index in [9.17, 15) is 5.26 Å². The maximum atomic E-state index is 9.61. The third-order valence-corrected chi connectivity index (χ3v) is 5.99. The first-order valence-corrected chi connectivity index (χ1v) is 11.2. The molecule has 0 radical (unpaired) electrons. The number of nitrogens with zero attached hydrogens (tertiary/aromatic N) is 1. The molecule has 0 aliphatic heterocycles. The average molecular weight is 628 g/mol. The molecule has 0 amide bonds. The predicted octanol–water partition coefficient (Wildman–Crippen LogP) is 7.20. The van der Waals surface area contributed by atoms with Gasteiger partial charge in [0.1, 0.15) is 6.61 Å². The number of benzene rings is 3.